The fourth-order valence-corrected chi connectivity index (χ4v) is 15.1. The van der Waals surface area contributed by atoms with Crippen LogP contribution in [0.25, 0.3) is 137 Å². The SMILES string of the molecule is C1=CCC(c2cc(-c3ccccc3)cc(-c3nc(-c4cc(-c5ccccc5)c(-n5c6ccccc6c6c7sc8c(ccc9c8c8ccccc8n9-c8ccccc8)c7ccc65)c(-c5ccccc5)c4)nc(C4C=CC(c5ccccc5)=CC4)n3)c2)C=C1. The van der Waals surface area contributed by atoms with E-state index in [-0.39, 0.29) is 11.8 Å². The zero-order valence-electron chi connectivity index (χ0n) is 47.5. The summed E-state index contributed by atoms with van der Waals surface area (Å²) in [5.74, 6) is 2.16. The Labute approximate surface area is 508 Å². The Kier molecular flexibility index (Phi) is 12.3. The highest BCUT2D eigenvalue weighted by Gasteiger charge is 2.27. The van der Waals surface area contributed by atoms with Gasteiger partial charge in [-0.3, -0.25) is 0 Å². The number of rotatable bonds is 10. The van der Waals surface area contributed by atoms with Crippen LogP contribution in [0.2, 0.25) is 0 Å². The molecule has 2 aliphatic rings. The summed E-state index contributed by atoms with van der Waals surface area (Å²) in [6.45, 7) is 0. The number of hydrogen-bond donors (Lipinski definition) is 0. The van der Waals surface area contributed by atoms with E-state index in [2.05, 4.69) is 306 Å². The smallest absolute Gasteiger partial charge is 0.163 e. The topological polar surface area (TPSA) is 48.5 Å². The van der Waals surface area contributed by atoms with Crippen LogP contribution >= 0.6 is 11.3 Å². The first-order chi connectivity index (χ1) is 43.1. The summed E-state index contributed by atoms with van der Waals surface area (Å²) in [5.41, 5.74) is 19.1. The van der Waals surface area contributed by atoms with E-state index in [0.29, 0.717) is 11.6 Å². The number of hydrogen-bond acceptors (Lipinski definition) is 4. The molecule has 6 heteroatoms. The summed E-state index contributed by atoms with van der Waals surface area (Å²) in [7, 11) is 0. The molecule has 0 amide bonds. The van der Waals surface area contributed by atoms with Gasteiger partial charge < -0.3 is 9.13 Å². The highest BCUT2D eigenvalue weighted by molar-refractivity contribution is 7.27. The highest BCUT2D eigenvalue weighted by Crippen LogP contribution is 2.50. The Balaban J connectivity index is 0.912. The summed E-state index contributed by atoms with van der Waals surface area (Å²) in [4.78, 5) is 16.7. The van der Waals surface area contributed by atoms with Crippen LogP contribution in [0.3, 0.4) is 0 Å². The third kappa shape index (κ3) is 8.70. The molecule has 4 heterocycles. The van der Waals surface area contributed by atoms with Gasteiger partial charge in [0.15, 0.2) is 11.6 Å². The highest BCUT2D eigenvalue weighted by atomic mass is 32.1. The van der Waals surface area contributed by atoms with Gasteiger partial charge in [0, 0.05) is 81.5 Å². The fourth-order valence-electron chi connectivity index (χ4n) is 13.7. The number of benzene rings is 11. The van der Waals surface area contributed by atoms with E-state index in [1.54, 1.807) is 0 Å². The van der Waals surface area contributed by atoms with Crippen molar-refractivity contribution < 1.29 is 0 Å². The van der Waals surface area contributed by atoms with Crippen molar-refractivity contribution in [2.75, 3.05) is 0 Å². The second-order valence-electron chi connectivity index (χ2n) is 22.9. The molecule has 2 atom stereocenters. The normalized spacial score (nSPS) is 15.0. The molecule has 0 saturated carbocycles. The molecule has 4 aromatic heterocycles. The Morgan fingerprint density at radius 2 is 0.885 bits per heavy atom. The molecule has 0 aliphatic heterocycles. The van der Waals surface area contributed by atoms with Crippen LogP contribution in [0.15, 0.2) is 297 Å². The average Bonchev–Trinajstić information content (AvgIpc) is 1.63. The molecule has 0 fully saturated rings. The molecule has 410 valence electrons. The monoisotopic (exact) mass is 1130 g/mol. The lowest BCUT2D eigenvalue weighted by Crippen LogP contribution is -2.09. The van der Waals surface area contributed by atoms with Crippen molar-refractivity contribution in [3.63, 3.8) is 0 Å². The lowest BCUT2D eigenvalue weighted by atomic mass is 9.88. The van der Waals surface area contributed by atoms with Gasteiger partial charge in [0.2, 0.25) is 0 Å². The minimum absolute atomic E-state index is 0.0791. The minimum Gasteiger partial charge on any atom is -0.309 e. The van der Waals surface area contributed by atoms with E-state index in [0.717, 1.165) is 85.6 Å². The summed E-state index contributed by atoms with van der Waals surface area (Å²) < 4.78 is 7.55. The van der Waals surface area contributed by atoms with E-state index >= 15 is 0 Å². The van der Waals surface area contributed by atoms with Crippen molar-refractivity contribution in [3.8, 4) is 67.5 Å². The summed E-state index contributed by atoms with van der Waals surface area (Å²) in [5, 5.41) is 7.55. The van der Waals surface area contributed by atoms with E-state index in [9.17, 15) is 0 Å². The summed E-state index contributed by atoms with van der Waals surface area (Å²) in [6.07, 6.45) is 17.4. The molecule has 0 spiro atoms. The summed E-state index contributed by atoms with van der Waals surface area (Å²) in [6, 6.07) is 92.8. The first-order valence-electron chi connectivity index (χ1n) is 30.0. The Bertz CT molecular complexity index is 5260. The molecule has 11 aromatic carbocycles. The third-order valence-corrected chi connectivity index (χ3v) is 19.0. The van der Waals surface area contributed by atoms with Gasteiger partial charge in [-0.25, -0.2) is 15.0 Å². The Morgan fingerprint density at radius 1 is 0.368 bits per heavy atom. The van der Waals surface area contributed by atoms with Crippen LogP contribution in [-0.4, -0.2) is 24.1 Å². The number of para-hydroxylation sites is 3. The molecule has 87 heavy (non-hydrogen) atoms. The molecule has 0 N–H and O–H groups in total. The van der Waals surface area contributed by atoms with Crippen LogP contribution in [0.4, 0.5) is 0 Å². The quantitative estimate of drug-likeness (QED) is 0.137. The Morgan fingerprint density at radius 3 is 1.46 bits per heavy atom. The second-order valence-corrected chi connectivity index (χ2v) is 23.9. The maximum atomic E-state index is 5.63. The maximum Gasteiger partial charge on any atom is 0.163 e. The zero-order valence-corrected chi connectivity index (χ0v) is 48.3. The van der Waals surface area contributed by atoms with E-state index in [4.69, 9.17) is 15.0 Å². The van der Waals surface area contributed by atoms with Gasteiger partial charge in [0.1, 0.15) is 5.82 Å². The van der Waals surface area contributed by atoms with Gasteiger partial charge in [0.05, 0.1) is 27.8 Å². The van der Waals surface area contributed by atoms with Crippen molar-refractivity contribution in [3.05, 3.63) is 314 Å². The number of thiophene rings is 1. The van der Waals surface area contributed by atoms with Crippen LogP contribution in [0.1, 0.15) is 41.6 Å². The number of aromatic nitrogens is 5. The molecule has 2 aliphatic carbocycles. The van der Waals surface area contributed by atoms with Crippen LogP contribution in [0.5, 0.6) is 0 Å². The molecule has 5 nitrogen and oxygen atoms in total. The first-order valence-corrected chi connectivity index (χ1v) is 30.9. The molecule has 0 bridgehead atoms. The third-order valence-electron chi connectivity index (χ3n) is 17.8. The number of nitrogens with zero attached hydrogens (tertiary/aromatic N) is 5. The molecule has 0 saturated heterocycles. The van der Waals surface area contributed by atoms with E-state index in [1.165, 1.54) is 69.5 Å². The van der Waals surface area contributed by atoms with Crippen LogP contribution in [-0.2, 0) is 0 Å². The van der Waals surface area contributed by atoms with Gasteiger partial charge in [-0.15, -0.1) is 11.3 Å². The van der Waals surface area contributed by atoms with Gasteiger partial charge >= 0.3 is 0 Å². The van der Waals surface area contributed by atoms with Crippen molar-refractivity contribution in [2.45, 2.75) is 24.7 Å². The molecule has 17 rings (SSSR count). The van der Waals surface area contributed by atoms with Crippen molar-refractivity contribution in [1.29, 1.82) is 0 Å². The first kappa shape index (κ1) is 50.7. The number of allylic oxidation sites excluding steroid dienone is 8. The van der Waals surface area contributed by atoms with Crippen molar-refractivity contribution in [1.82, 2.24) is 24.1 Å². The fraction of sp³-hybridized carbons (Fsp3) is 0.0494. The van der Waals surface area contributed by atoms with Gasteiger partial charge in [-0.2, -0.15) is 0 Å². The van der Waals surface area contributed by atoms with Gasteiger partial charge in [-0.05, 0) is 112 Å². The molecule has 15 aromatic rings. The number of fused-ring (bicyclic) bond motifs is 11. The Hall–Kier alpha value is -10.8. The molecular weight excluding hydrogens is 1070 g/mol. The molecule has 2 unspecified atom stereocenters. The van der Waals surface area contributed by atoms with Crippen molar-refractivity contribution in [2.24, 2.45) is 0 Å². The van der Waals surface area contributed by atoms with E-state index < -0.39 is 0 Å². The second kappa shape index (κ2) is 21.1. The standard InChI is InChI=1S/C81H55N5S/c1-7-23-52(24-8-1)55-39-41-58(42-40-55)79-82-80(61-48-59(53-25-9-2-10-26-53)47-60(49-61)54-27-11-3-12-28-54)84-81(83-79)62-50-68(56-29-13-4-14-30-56)76(69(51-62)57-31-15-5-16-32-57)86-71-38-22-20-36-67(71)75-73(86)46-44-65-64-43-45-72-74(77(64)87-78(65)75)66-35-19-21-37-70(66)85(72)63-33-17-6-18-34-63/h1-27,29-41,43-51,54,58H,28,42H2. The van der Waals surface area contributed by atoms with Gasteiger partial charge in [-0.1, -0.05) is 237 Å². The predicted octanol–water partition coefficient (Wildman–Crippen LogP) is 21.5. The van der Waals surface area contributed by atoms with E-state index in [1.807, 2.05) is 11.3 Å². The summed E-state index contributed by atoms with van der Waals surface area (Å²) >= 11 is 1.92. The maximum absolute atomic E-state index is 5.63. The van der Waals surface area contributed by atoms with Crippen LogP contribution < -0.4 is 0 Å². The molecular formula is C81H55N5S. The van der Waals surface area contributed by atoms with Crippen molar-refractivity contribution >= 4 is 80.7 Å². The average molecular weight is 1130 g/mol. The zero-order chi connectivity index (χ0) is 57.4. The lowest BCUT2D eigenvalue weighted by molar-refractivity contribution is 0.766. The van der Waals surface area contributed by atoms with Crippen LogP contribution in [0, 0.1) is 0 Å². The minimum atomic E-state index is -0.0791. The molecule has 0 radical (unpaired) electrons. The predicted molar refractivity (Wildman–Crippen MR) is 365 cm³/mol. The largest absolute Gasteiger partial charge is 0.309 e. The van der Waals surface area contributed by atoms with Gasteiger partial charge in [0.25, 0.3) is 0 Å². The lowest BCUT2D eigenvalue weighted by Gasteiger charge is -2.22.